The second-order valence-electron chi connectivity index (χ2n) is 10.2. The van der Waals surface area contributed by atoms with Crippen LogP contribution in [0.15, 0.2) is 30.5 Å². The van der Waals surface area contributed by atoms with E-state index in [1.54, 1.807) is 6.07 Å². The average Bonchev–Trinajstić information content (AvgIpc) is 3.26. The summed E-state index contributed by atoms with van der Waals surface area (Å²) in [6.45, 7) is 7.87. The maximum atomic E-state index is 13.8. The number of benzene rings is 1. The zero-order valence-corrected chi connectivity index (χ0v) is 21.3. The van der Waals surface area contributed by atoms with Gasteiger partial charge in [-0.3, -0.25) is 9.59 Å². The molecular formula is C27H35N7O2. The molecule has 2 saturated heterocycles. The Kier molecular flexibility index (Phi) is 6.66. The highest BCUT2D eigenvalue weighted by atomic mass is 16.2. The van der Waals surface area contributed by atoms with Gasteiger partial charge in [-0.25, -0.2) is 9.50 Å². The topological polar surface area (TPSA) is 109 Å². The van der Waals surface area contributed by atoms with Gasteiger partial charge in [0.25, 0.3) is 5.91 Å². The fraction of sp³-hybridized carbons (Fsp3) is 0.481. The molecule has 4 heterocycles. The maximum absolute atomic E-state index is 13.8. The number of hydrogen-bond donors (Lipinski definition) is 2. The number of anilines is 2. The molecule has 5 rings (SSSR count). The summed E-state index contributed by atoms with van der Waals surface area (Å²) < 4.78 is 1.82. The molecule has 2 aliphatic rings. The van der Waals surface area contributed by atoms with Gasteiger partial charge in [0.05, 0.1) is 23.0 Å². The van der Waals surface area contributed by atoms with Crippen LogP contribution in [0.2, 0.25) is 0 Å². The third-order valence-electron chi connectivity index (χ3n) is 7.20. The number of nitrogens with two attached hydrogens (primary N) is 1. The Balaban J connectivity index is 1.47. The fourth-order valence-corrected chi connectivity index (χ4v) is 5.48. The normalized spacial score (nSPS) is 20.6. The quantitative estimate of drug-likeness (QED) is 0.580. The Morgan fingerprint density at radius 2 is 1.92 bits per heavy atom. The first-order valence-electron chi connectivity index (χ1n) is 12.9. The molecule has 2 atom stereocenters. The minimum atomic E-state index is -0.199. The van der Waals surface area contributed by atoms with E-state index in [9.17, 15) is 9.59 Å². The van der Waals surface area contributed by atoms with Crippen molar-refractivity contribution >= 4 is 29.0 Å². The third kappa shape index (κ3) is 4.80. The highest BCUT2D eigenvalue weighted by Gasteiger charge is 2.32. The number of aryl methyl sites for hydroxylation is 2. The predicted octanol–water partition coefficient (Wildman–Crippen LogP) is 3.60. The lowest BCUT2D eigenvalue weighted by Crippen LogP contribution is -2.43. The molecule has 3 N–H and O–H groups in total. The van der Waals surface area contributed by atoms with Gasteiger partial charge in [-0.2, -0.15) is 5.10 Å². The van der Waals surface area contributed by atoms with E-state index in [-0.39, 0.29) is 23.9 Å². The zero-order chi connectivity index (χ0) is 25.4. The van der Waals surface area contributed by atoms with Crippen LogP contribution in [0, 0.1) is 13.8 Å². The molecule has 9 nitrogen and oxygen atoms in total. The summed E-state index contributed by atoms with van der Waals surface area (Å²) >= 11 is 0. The van der Waals surface area contributed by atoms with Crippen molar-refractivity contribution < 1.29 is 9.59 Å². The molecule has 3 aromatic rings. The molecule has 2 aliphatic heterocycles. The lowest BCUT2D eigenvalue weighted by Gasteiger charge is -2.35. The van der Waals surface area contributed by atoms with Crippen LogP contribution in [0.5, 0.6) is 0 Å². The van der Waals surface area contributed by atoms with E-state index in [4.69, 9.17) is 15.8 Å². The van der Waals surface area contributed by atoms with Crippen molar-refractivity contribution in [1.82, 2.24) is 19.5 Å². The lowest BCUT2D eigenvalue weighted by atomic mass is 9.97. The van der Waals surface area contributed by atoms with Crippen LogP contribution in [-0.4, -0.2) is 57.0 Å². The van der Waals surface area contributed by atoms with Crippen molar-refractivity contribution in [3.8, 4) is 0 Å². The van der Waals surface area contributed by atoms with Gasteiger partial charge in [-0.05, 0) is 58.1 Å². The standard InChI is InChI=1S/C27H35N7O2/c1-17-9-10-22(29-19(3)35)21(13-17)27(36)33-12-5-4-8-24(33)23-14-25-30-26(18(2)15-34(25)31-23)32-11-6-7-20(28)16-32/h9-10,13-15,20,24H,4-8,11-12,16,28H2,1-3H3,(H,29,35). The second-order valence-corrected chi connectivity index (χ2v) is 10.2. The number of fused-ring (bicyclic) bond motifs is 1. The van der Waals surface area contributed by atoms with Gasteiger partial charge in [-0.1, -0.05) is 11.6 Å². The van der Waals surface area contributed by atoms with E-state index in [0.717, 1.165) is 73.5 Å². The minimum absolute atomic E-state index is 0.0867. The Bertz CT molecular complexity index is 1300. The van der Waals surface area contributed by atoms with Gasteiger partial charge in [-0.15, -0.1) is 0 Å². The van der Waals surface area contributed by atoms with Gasteiger partial charge in [0.1, 0.15) is 5.82 Å². The molecule has 36 heavy (non-hydrogen) atoms. The summed E-state index contributed by atoms with van der Waals surface area (Å²) in [5, 5.41) is 7.67. The highest BCUT2D eigenvalue weighted by molar-refractivity contribution is 6.03. The number of piperidine rings is 2. The van der Waals surface area contributed by atoms with Gasteiger partial charge in [0.15, 0.2) is 5.65 Å². The number of hydrogen-bond acceptors (Lipinski definition) is 6. The third-order valence-corrected chi connectivity index (χ3v) is 7.20. The molecule has 0 saturated carbocycles. The van der Waals surface area contributed by atoms with Crippen molar-refractivity contribution in [2.75, 3.05) is 29.9 Å². The second kappa shape index (κ2) is 9.89. The molecule has 190 valence electrons. The molecule has 2 aromatic heterocycles. The van der Waals surface area contributed by atoms with Crippen LogP contribution >= 0.6 is 0 Å². The first kappa shape index (κ1) is 24.2. The predicted molar refractivity (Wildman–Crippen MR) is 140 cm³/mol. The van der Waals surface area contributed by atoms with E-state index in [0.29, 0.717) is 17.8 Å². The fourth-order valence-electron chi connectivity index (χ4n) is 5.48. The number of carbonyl (C=O) groups excluding carboxylic acids is 2. The summed E-state index contributed by atoms with van der Waals surface area (Å²) in [5.74, 6) is 0.673. The summed E-state index contributed by atoms with van der Waals surface area (Å²) in [4.78, 5) is 34.7. The first-order chi connectivity index (χ1) is 17.3. The monoisotopic (exact) mass is 489 g/mol. The molecule has 9 heteroatoms. The van der Waals surface area contributed by atoms with E-state index < -0.39 is 0 Å². The molecule has 0 aliphatic carbocycles. The van der Waals surface area contributed by atoms with Crippen LogP contribution < -0.4 is 16.0 Å². The van der Waals surface area contributed by atoms with Gasteiger partial charge in [0, 0.05) is 50.4 Å². The SMILES string of the molecule is CC(=O)Nc1ccc(C)cc1C(=O)N1CCCCC1c1cc2nc(N3CCCC(N)C3)c(C)cn2n1. The Morgan fingerprint density at radius 1 is 1.08 bits per heavy atom. The van der Waals surface area contributed by atoms with Crippen molar-refractivity contribution in [2.45, 2.75) is 65.0 Å². The summed E-state index contributed by atoms with van der Waals surface area (Å²) in [6, 6.07) is 7.58. The van der Waals surface area contributed by atoms with E-state index in [2.05, 4.69) is 17.1 Å². The van der Waals surface area contributed by atoms with Crippen molar-refractivity contribution in [2.24, 2.45) is 5.73 Å². The summed E-state index contributed by atoms with van der Waals surface area (Å²) in [7, 11) is 0. The Hall–Kier alpha value is -3.46. The Morgan fingerprint density at radius 3 is 2.69 bits per heavy atom. The molecule has 2 amide bonds. The van der Waals surface area contributed by atoms with Crippen LogP contribution in [0.3, 0.4) is 0 Å². The molecule has 2 fully saturated rings. The van der Waals surface area contributed by atoms with Crippen molar-refractivity contribution in [3.63, 3.8) is 0 Å². The number of nitrogens with zero attached hydrogens (tertiary/aromatic N) is 5. The van der Waals surface area contributed by atoms with Crippen molar-refractivity contribution in [3.05, 3.63) is 52.8 Å². The largest absolute Gasteiger partial charge is 0.355 e. The van der Waals surface area contributed by atoms with Gasteiger partial charge < -0.3 is 20.9 Å². The lowest BCUT2D eigenvalue weighted by molar-refractivity contribution is -0.114. The number of rotatable bonds is 4. The van der Waals surface area contributed by atoms with Crippen LogP contribution in [0.25, 0.3) is 5.65 Å². The summed E-state index contributed by atoms with van der Waals surface area (Å²) in [6.07, 6.45) is 6.93. The molecule has 0 bridgehead atoms. The highest BCUT2D eigenvalue weighted by Crippen LogP contribution is 2.34. The molecule has 0 spiro atoms. The smallest absolute Gasteiger partial charge is 0.256 e. The van der Waals surface area contributed by atoms with Crippen LogP contribution in [-0.2, 0) is 4.79 Å². The number of amides is 2. The minimum Gasteiger partial charge on any atom is -0.355 e. The first-order valence-corrected chi connectivity index (χ1v) is 12.9. The van der Waals surface area contributed by atoms with E-state index in [1.165, 1.54) is 6.92 Å². The molecule has 2 unspecified atom stereocenters. The summed E-state index contributed by atoms with van der Waals surface area (Å²) in [5.41, 5.74) is 10.9. The number of nitrogens with one attached hydrogen (secondary N) is 1. The van der Waals surface area contributed by atoms with Crippen LogP contribution in [0.4, 0.5) is 11.5 Å². The number of likely N-dealkylation sites (tertiary alicyclic amines) is 1. The van der Waals surface area contributed by atoms with Gasteiger partial charge in [0.2, 0.25) is 5.91 Å². The molecular weight excluding hydrogens is 454 g/mol. The van der Waals surface area contributed by atoms with E-state index >= 15 is 0 Å². The van der Waals surface area contributed by atoms with E-state index in [1.807, 2.05) is 40.7 Å². The maximum Gasteiger partial charge on any atom is 0.256 e. The van der Waals surface area contributed by atoms with Crippen molar-refractivity contribution in [1.29, 1.82) is 0 Å². The molecule has 0 radical (unpaired) electrons. The molecule has 1 aromatic carbocycles. The zero-order valence-electron chi connectivity index (χ0n) is 21.3. The van der Waals surface area contributed by atoms with Gasteiger partial charge >= 0.3 is 0 Å². The number of carbonyl (C=O) groups is 2. The number of aromatic nitrogens is 3. The van der Waals surface area contributed by atoms with Crippen LogP contribution in [0.1, 0.15) is 72.2 Å². The Labute approximate surface area is 211 Å². The average molecular weight is 490 g/mol.